The summed E-state index contributed by atoms with van der Waals surface area (Å²) in [5.74, 6) is 0. The van der Waals surface area contributed by atoms with Gasteiger partial charge in [0.15, 0.2) is 6.29 Å². The molecular weight excluding hydrogens is 414 g/mol. The Morgan fingerprint density at radius 1 is 1.12 bits per heavy atom. The second kappa shape index (κ2) is 9.05. The SMILES string of the molecule is CO.Cc1ccc(N(C)C2=CC3C(=C(c4cc5nccc(C=O)c5[nH]4)N(C)N3C)C=C2)cc1. The number of benzene rings is 1. The van der Waals surface area contributed by atoms with Gasteiger partial charge in [0, 0.05) is 57.0 Å². The smallest absolute Gasteiger partial charge is 0.152 e. The topological polar surface area (TPSA) is 75.7 Å². The second-order valence-electron chi connectivity index (χ2n) is 8.13. The van der Waals surface area contributed by atoms with Gasteiger partial charge in [-0.3, -0.25) is 9.78 Å². The van der Waals surface area contributed by atoms with Crippen molar-refractivity contribution in [3.05, 3.63) is 88.9 Å². The highest BCUT2D eigenvalue weighted by Crippen LogP contribution is 2.39. The van der Waals surface area contributed by atoms with Gasteiger partial charge in [0.05, 0.1) is 28.5 Å². The first-order chi connectivity index (χ1) is 16.0. The summed E-state index contributed by atoms with van der Waals surface area (Å²) in [6.45, 7) is 2.10. The number of aliphatic hydroxyl groups is 1. The number of hydrazine groups is 1. The van der Waals surface area contributed by atoms with E-state index in [1.165, 1.54) is 11.1 Å². The third kappa shape index (κ3) is 3.86. The van der Waals surface area contributed by atoms with E-state index < -0.39 is 0 Å². The minimum Gasteiger partial charge on any atom is -0.400 e. The summed E-state index contributed by atoms with van der Waals surface area (Å²) in [6.07, 6.45) is 9.18. The first kappa shape index (κ1) is 22.5. The number of aryl methyl sites for hydroxylation is 1. The number of aromatic nitrogens is 2. The van der Waals surface area contributed by atoms with Crippen molar-refractivity contribution in [3.8, 4) is 0 Å². The van der Waals surface area contributed by atoms with Crippen LogP contribution < -0.4 is 4.90 Å². The molecule has 3 aromatic rings. The lowest BCUT2D eigenvalue weighted by Crippen LogP contribution is -2.37. The summed E-state index contributed by atoms with van der Waals surface area (Å²) in [5.41, 5.74) is 9.01. The number of anilines is 1. The predicted octanol–water partition coefficient (Wildman–Crippen LogP) is 3.75. The molecule has 7 heteroatoms. The minimum atomic E-state index is 0.123. The number of carbonyl (C=O) groups is 1. The molecule has 0 bridgehead atoms. The van der Waals surface area contributed by atoms with Crippen molar-refractivity contribution >= 4 is 28.7 Å². The molecular formula is C26H29N5O2. The van der Waals surface area contributed by atoms with E-state index in [9.17, 15) is 4.79 Å². The number of pyridine rings is 1. The van der Waals surface area contributed by atoms with Gasteiger partial charge < -0.3 is 20.0 Å². The molecule has 1 atom stereocenters. The van der Waals surface area contributed by atoms with E-state index in [0.29, 0.717) is 5.56 Å². The van der Waals surface area contributed by atoms with Gasteiger partial charge in [-0.2, -0.15) is 0 Å². The summed E-state index contributed by atoms with van der Waals surface area (Å²) in [5, 5.41) is 11.4. The Kier molecular flexibility index (Phi) is 6.18. The highest BCUT2D eigenvalue weighted by Gasteiger charge is 2.35. The van der Waals surface area contributed by atoms with Gasteiger partial charge in [0.1, 0.15) is 0 Å². The van der Waals surface area contributed by atoms with Crippen molar-refractivity contribution < 1.29 is 9.90 Å². The molecule has 170 valence electrons. The van der Waals surface area contributed by atoms with Crippen molar-refractivity contribution in [2.45, 2.75) is 13.0 Å². The molecule has 3 heterocycles. The van der Waals surface area contributed by atoms with Crippen LogP contribution in [0.15, 0.2) is 72.1 Å². The van der Waals surface area contributed by atoms with Crippen molar-refractivity contribution in [1.82, 2.24) is 20.0 Å². The highest BCUT2D eigenvalue weighted by molar-refractivity contribution is 5.96. The van der Waals surface area contributed by atoms with Crippen molar-refractivity contribution in [2.75, 3.05) is 33.2 Å². The van der Waals surface area contributed by atoms with Crippen LogP contribution in [0.5, 0.6) is 0 Å². The second-order valence-corrected chi connectivity index (χ2v) is 8.13. The largest absolute Gasteiger partial charge is 0.400 e. The van der Waals surface area contributed by atoms with E-state index in [2.05, 4.69) is 95.4 Å². The number of fused-ring (bicyclic) bond motifs is 2. The molecule has 1 unspecified atom stereocenters. The van der Waals surface area contributed by atoms with Gasteiger partial charge in [0.25, 0.3) is 0 Å². The Balaban J connectivity index is 0.00000126. The number of aliphatic hydroxyl groups excluding tert-OH is 1. The van der Waals surface area contributed by atoms with Gasteiger partial charge in [-0.05, 0) is 43.3 Å². The molecule has 2 N–H and O–H groups in total. The average molecular weight is 444 g/mol. The van der Waals surface area contributed by atoms with E-state index in [-0.39, 0.29) is 6.04 Å². The zero-order valence-electron chi connectivity index (χ0n) is 19.6. The number of allylic oxidation sites excluding steroid dienone is 1. The first-order valence-electron chi connectivity index (χ1n) is 10.8. The predicted molar refractivity (Wildman–Crippen MR) is 133 cm³/mol. The highest BCUT2D eigenvalue weighted by atomic mass is 16.2. The van der Waals surface area contributed by atoms with Gasteiger partial charge >= 0.3 is 0 Å². The maximum absolute atomic E-state index is 11.4. The lowest BCUT2D eigenvalue weighted by atomic mass is 9.98. The molecule has 5 rings (SSSR count). The summed E-state index contributed by atoms with van der Waals surface area (Å²) < 4.78 is 0. The van der Waals surface area contributed by atoms with Crippen LogP contribution in [0.3, 0.4) is 0 Å². The van der Waals surface area contributed by atoms with E-state index in [1.807, 2.05) is 6.07 Å². The lowest BCUT2D eigenvalue weighted by molar-refractivity contribution is 0.0992. The van der Waals surface area contributed by atoms with Crippen LogP contribution in [0.4, 0.5) is 5.69 Å². The number of carbonyl (C=O) groups excluding carboxylic acids is 1. The number of rotatable bonds is 4. The fourth-order valence-electron chi connectivity index (χ4n) is 4.38. The summed E-state index contributed by atoms with van der Waals surface area (Å²) in [7, 11) is 7.25. The maximum Gasteiger partial charge on any atom is 0.152 e. The number of hydrogen-bond donors (Lipinski definition) is 2. The third-order valence-corrected chi connectivity index (χ3v) is 6.30. The molecule has 2 aliphatic rings. The molecule has 33 heavy (non-hydrogen) atoms. The van der Waals surface area contributed by atoms with Crippen LogP contribution in [0.1, 0.15) is 21.6 Å². The number of aldehydes is 1. The van der Waals surface area contributed by atoms with Crippen LogP contribution in [0, 0.1) is 6.92 Å². The fraction of sp³-hybridized carbons (Fsp3) is 0.231. The molecule has 1 aliphatic heterocycles. The third-order valence-electron chi connectivity index (χ3n) is 6.30. The Bertz CT molecular complexity index is 1270. The van der Waals surface area contributed by atoms with Crippen LogP contribution in [-0.4, -0.2) is 65.7 Å². The average Bonchev–Trinajstić information content (AvgIpc) is 3.38. The fourth-order valence-corrected chi connectivity index (χ4v) is 4.38. The van der Waals surface area contributed by atoms with Gasteiger partial charge in [0.2, 0.25) is 0 Å². The summed E-state index contributed by atoms with van der Waals surface area (Å²) in [6, 6.07) is 12.4. The molecule has 0 radical (unpaired) electrons. The van der Waals surface area contributed by atoms with Gasteiger partial charge in [-0.1, -0.05) is 23.8 Å². The number of nitrogens with zero attached hydrogens (tertiary/aromatic N) is 4. The molecule has 0 saturated carbocycles. The molecule has 1 aliphatic carbocycles. The van der Waals surface area contributed by atoms with Crippen LogP contribution in [0.2, 0.25) is 0 Å². The number of likely N-dealkylation sites (N-methyl/N-ethyl adjacent to an activating group) is 2. The van der Waals surface area contributed by atoms with E-state index in [0.717, 1.165) is 47.2 Å². The molecule has 7 nitrogen and oxygen atoms in total. The zero-order valence-corrected chi connectivity index (χ0v) is 19.6. The standard InChI is InChI=1S/C25H25N5O.CH4O/c1-16-5-7-18(8-6-16)28(2)19-9-10-20-23(13-19)29(3)30(4)25(20)22-14-21-24(27-22)17(15-31)11-12-26-21;1-2/h5-15,23,27H,1-4H3;2H,1H3. The Morgan fingerprint density at radius 2 is 1.85 bits per heavy atom. The Hall–Kier alpha value is -3.68. The van der Waals surface area contributed by atoms with Crippen molar-refractivity contribution in [2.24, 2.45) is 0 Å². The molecule has 1 aromatic carbocycles. The monoisotopic (exact) mass is 443 g/mol. The first-order valence-corrected chi connectivity index (χ1v) is 10.8. The summed E-state index contributed by atoms with van der Waals surface area (Å²) >= 11 is 0. The van der Waals surface area contributed by atoms with Crippen LogP contribution >= 0.6 is 0 Å². The number of hydrogen-bond acceptors (Lipinski definition) is 6. The van der Waals surface area contributed by atoms with Crippen molar-refractivity contribution in [3.63, 3.8) is 0 Å². The van der Waals surface area contributed by atoms with Crippen LogP contribution in [-0.2, 0) is 0 Å². The number of H-pyrrole nitrogens is 1. The lowest BCUT2D eigenvalue weighted by Gasteiger charge is -2.30. The maximum atomic E-state index is 11.4. The quantitative estimate of drug-likeness (QED) is 0.598. The molecule has 0 spiro atoms. The zero-order chi connectivity index (χ0) is 23.7. The minimum absolute atomic E-state index is 0.123. The van der Waals surface area contributed by atoms with E-state index in [1.54, 1.807) is 12.3 Å². The normalized spacial score (nSPS) is 17.6. The molecule has 0 amide bonds. The van der Waals surface area contributed by atoms with Crippen molar-refractivity contribution in [1.29, 1.82) is 0 Å². The number of aromatic amines is 1. The van der Waals surface area contributed by atoms with Gasteiger partial charge in [-0.25, -0.2) is 5.01 Å². The molecule has 2 aromatic heterocycles. The Labute approximate surface area is 193 Å². The Morgan fingerprint density at radius 3 is 2.55 bits per heavy atom. The molecule has 0 fully saturated rings. The van der Waals surface area contributed by atoms with Gasteiger partial charge in [-0.15, -0.1) is 0 Å². The number of nitrogens with one attached hydrogen (secondary N) is 1. The van der Waals surface area contributed by atoms with E-state index in [4.69, 9.17) is 5.11 Å². The summed E-state index contributed by atoms with van der Waals surface area (Å²) in [4.78, 5) is 21.5. The van der Waals surface area contributed by atoms with Crippen LogP contribution in [0.25, 0.3) is 16.7 Å². The molecule has 0 saturated heterocycles. The van der Waals surface area contributed by atoms with E-state index >= 15 is 0 Å².